The molecule has 102 valence electrons. The molecule has 0 heterocycles. The molecule has 0 amide bonds. The second-order valence-corrected chi connectivity index (χ2v) is 5.11. The zero-order valence-corrected chi connectivity index (χ0v) is 12.8. The summed E-state index contributed by atoms with van der Waals surface area (Å²) in [6, 6.07) is 6.56. The first-order valence-corrected chi connectivity index (χ1v) is 6.59. The van der Waals surface area contributed by atoms with E-state index >= 15 is 0 Å². The molecule has 1 aromatic carbocycles. The van der Waals surface area contributed by atoms with Gasteiger partial charge in [0.05, 0.1) is 22.6 Å². The Morgan fingerprint density at radius 3 is 2.68 bits per heavy atom. The van der Waals surface area contributed by atoms with E-state index < -0.39 is 4.12 Å². The fourth-order valence-electron chi connectivity index (χ4n) is 1.52. The maximum atomic E-state index is 12.8. The summed E-state index contributed by atoms with van der Waals surface area (Å²) in [4.78, 5) is 4.02. The highest BCUT2D eigenvalue weighted by Crippen LogP contribution is 2.29. The van der Waals surface area contributed by atoms with Crippen molar-refractivity contribution in [1.29, 1.82) is 0 Å². The van der Waals surface area contributed by atoms with Crippen molar-refractivity contribution in [3.63, 3.8) is 0 Å². The van der Waals surface area contributed by atoms with Crippen LogP contribution in [0.25, 0.3) is 5.57 Å². The predicted molar refractivity (Wildman–Crippen MR) is 83.0 cm³/mol. The molecule has 0 aliphatic carbocycles. The summed E-state index contributed by atoms with van der Waals surface area (Å²) in [6.45, 7) is 7.23. The van der Waals surface area contributed by atoms with Crippen LogP contribution in [-0.4, -0.2) is 9.83 Å². The molecule has 1 aromatic rings. The number of nitrogens with zero attached hydrogens (tertiary/aromatic N) is 1. The molecule has 0 unspecified atom stereocenters. The maximum Gasteiger partial charge on any atom is 0.451 e. The average molecular weight is 377 g/mol. The lowest BCUT2D eigenvalue weighted by Gasteiger charge is -2.12. The quantitative estimate of drug-likeness (QED) is 0.400. The van der Waals surface area contributed by atoms with Gasteiger partial charge in [-0.25, -0.2) is 0 Å². The molecule has 0 saturated heterocycles. The van der Waals surface area contributed by atoms with Crippen molar-refractivity contribution < 1.29 is 13.5 Å². The highest BCUT2D eigenvalue weighted by Gasteiger charge is 2.26. The predicted octanol–water partition coefficient (Wildman–Crippen LogP) is 5.06. The van der Waals surface area contributed by atoms with E-state index in [9.17, 15) is 8.78 Å². The first kappa shape index (κ1) is 15.8. The molecule has 0 saturated carbocycles. The van der Waals surface area contributed by atoms with Gasteiger partial charge in [-0.1, -0.05) is 18.7 Å². The van der Waals surface area contributed by atoms with Gasteiger partial charge in [0.15, 0.2) is 0 Å². The van der Waals surface area contributed by atoms with Crippen molar-refractivity contribution in [2.45, 2.75) is 18.0 Å². The van der Waals surface area contributed by atoms with E-state index in [1.54, 1.807) is 12.1 Å². The van der Waals surface area contributed by atoms with Crippen LogP contribution in [0.2, 0.25) is 0 Å². The van der Waals surface area contributed by atoms with Crippen LogP contribution in [-0.2, 0) is 0 Å². The summed E-state index contributed by atoms with van der Waals surface area (Å²) in [5.41, 5.74) is 2.50. The molecular weight excluding hydrogens is 363 g/mol. The van der Waals surface area contributed by atoms with Crippen molar-refractivity contribution in [3.05, 3.63) is 48.7 Å². The van der Waals surface area contributed by atoms with Gasteiger partial charge in [0, 0.05) is 11.9 Å². The minimum absolute atomic E-state index is 0.128. The minimum Gasteiger partial charge on any atom is -0.425 e. The van der Waals surface area contributed by atoms with Crippen LogP contribution in [0, 0.1) is 0 Å². The van der Waals surface area contributed by atoms with Crippen LogP contribution in [0.15, 0.2) is 48.1 Å². The Morgan fingerprint density at radius 2 is 2.11 bits per heavy atom. The van der Waals surface area contributed by atoms with Crippen molar-refractivity contribution in [2.75, 3.05) is 0 Å². The third kappa shape index (κ3) is 5.96. The molecule has 0 aliphatic heterocycles. The Labute approximate surface area is 125 Å². The number of halogens is 3. The minimum atomic E-state index is -3.21. The van der Waals surface area contributed by atoms with Gasteiger partial charge in [0.2, 0.25) is 0 Å². The highest BCUT2D eigenvalue weighted by atomic mass is 127. The Kier molecular flexibility index (Phi) is 5.65. The van der Waals surface area contributed by atoms with E-state index in [1.807, 2.05) is 26.0 Å². The first-order valence-electron chi connectivity index (χ1n) is 5.51. The number of hydrogen-bond acceptors (Lipinski definition) is 2. The van der Waals surface area contributed by atoms with Gasteiger partial charge in [-0.05, 0) is 43.2 Å². The smallest absolute Gasteiger partial charge is 0.425 e. The summed E-state index contributed by atoms with van der Waals surface area (Å²) < 4.78 is 26.9. The van der Waals surface area contributed by atoms with E-state index in [2.05, 4.69) is 16.3 Å². The zero-order valence-electron chi connectivity index (χ0n) is 10.7. The van der Waals surface area contributed by atoms with Crippen LogP contribution >= 0.6 is 22.6 Å². The zero-order chi connectivity index (χ0) is 14.5. The van der Waals surface area contributed by atoms with E-state index in [1.165, 1.54) is 12.3 Å². The number of aliphatic imine (C=N–C) groups is 1. The summed E-state index contributed by atoms with van der Waals surface area (Å²) in [5.74, 6) is 0.128. The van der Waals surface area contributed by atoms with Gasteiger partial charge in [-0.3, -0.25) is 4.99 Å². The lowest BCUT2D eigenvalue weighted by atomic mass is 10.1. The Bertz CT molecular complexity index is 518. The Morgan fingerprint density at radius 1 is 1.42 bits per heavy atom. The number of ether oxygens (including phenoxy) is 1. The van der Waals surface area contributed by atoms with Gasteiger partial charge in [-0.15, -0.1) is 0 Å². The van der Waals surface area contributed by atoms with Crippen molar-refractivity contribution >= 4 is 33.9 Å². The van der Waals surface area contributed by atoms with Crippen LogP contribution < -0.4 is 4.74 Å². The van der Waals surface area contributed by atoms with Crippen molar-refractivity contribution in [1.82, 2.24) is 0 Å². The number of benzene rings is 1. The van der Waals surface area contributed by atoms with Crippen LogP contribution in [0.5, 0.6) is 5.75 Å². The molecule has 2 nitrogen and oxygen atoms in total. The largest absolute Gasteiger partial charge is 0.451 e. The molecule has 1 rings (SSSR count). The molecule has 0 bridgehead atoms. The van der Waals surface area contributed by atoms with Gasteiger partial charge in [0.25, 0.3) is 0 Å². The molecule has 0 aromatic heterocycles. The first-order chi connectivity index (χ1) is 8.81. The molecule has 0 spiro atoms. The molecular formula is C14H14F2INO. The maximum absolute atomic E-state index is 12.8. The SMILES string of the molecule is C=C/N=C(C)\C=C(/C)c1cccc(OC(F)(F)I)c1. The van der Waals surface area contributed by atoms with Gasteiger partial charge < -0.3 is 4.74 Å². The molecule has 0 radical (unpaired) electrons. The Balaban J connectivity index is 2.99. The monoisotopic (exact) mass is 377 g/mol. The number of alkyl halides is 3. The lowest BCUT2D eigenvalue weighted by molar-refractivity contribution is -0.0691. The molecule has 0 N–H and O–H groups in total. The molecule has 0 aliphatic rings. The molecule has 0 atom stereocenters. The fraction of sp³-hybridized carbons (Fsp3) is 0.214. The molecule has 0 fully saturated rings. The third-order valence-corrected chi connectivity index (χ3v) is 2.46. The average Bonchev–Trinajstić information content (AvgIpc) is 2.27. The van der Waals surface area contributed by atoms with Crippen LogP contribution in [0.1, 0.15) is 19.4 Å². The topological polar surface area (TPSA) is 21.6 Å². The van der Waals surface area contributed by atoms with E-state index in [0.717, 1.165) is 39.4 Å². The van der Waals surface area contributed by atoms with E-state index in [-0.39, 0.29) is 5.75 Å². The summed E-state index contributed by atoms with van der Waals surface area (Å²) in [7, 11) is 0. The fourth-order valence-corrected chi connectivity index (χ4v) is 1.77. The Hall–Kier alpha value is -1.24. The van der Waals surface area contributed by atoms with Crippen LogP contribution in [0.4, 0.5) is 8.78 Å². The van der Waals surface area contributed by atoms with Gasteiger partial charge in [-0.2, -0.15) is 8.78 Å². The summed E-state index contributed by atoms with van der Waals surface area (Å²) in [6.07, 6.45) is 3.30. The van der Waals surface area contributed by atoms with Crippen molar-refractivity contribution in [3.8, 4) is 5.75 Å². The van der Waals surface area contributed by atoms with E-state index in [4.69, 9.17) is 0 Å². The van der Waals surface area contributed by atoms with Crippen molar-refractivity contribution in [2.24, 2.45) is 4.99 Å². The van der Waals surface area contributed by atoms with Crippen LogP contribution in [0.3, 0.4) is 0 Å². The van der Waals surface area contributed by atoms with Gasteiger partial charge in [0.1, 0.15) is 5.75 Å². The third-order valence-electron chi connectivity index (χ3n) is 2.24. The van der Waals surface area contributed by atoms with Gasteiger partial charge >= 0.3 is 4.12 Å². The number of rotatable bonds is 5. The highest BCUT2D eigenvalue weighted by molar-refractivity contribution is 14.1. The second kappa shape index (κ2) is 6.79. The normalized spacial score (nSPS) is 13.3. The molecule has 19 heavy (non-hydrogen) atoms. The number of hydrogen-bond donors (Lipinski definition) is 0. The lowest BCUT2D eigenvalue weighted by Crippen LogP contribution is -2.14. The summed E-state index contributed by atoms with van der Waals surface area (Å²) >= 11 is 0.940. The number of allylic oxidation sites excluding steroid dienone is 2. The second-order valence-electron chi connectivity index (χ2n) is 3.86. The molecule has 5 heteroatoms. The standard InChI is InChI=1S/C14H14F2INO/c1-4-18-11(3)8-10(2)12-6-5-7-13(9-12)19-14(15,16)17/h4-9H,1H2,2-3H3/b10-8+,18-11-. The summed E-state index contributed by atoms with van der Waals surface area (Å²) in [5, 5.41) is 0. The van der Waals surface area contributed by atoms with E-state index in [0.29, 0.717) is 0 Å².